The number of hydrogen-bond acceptors (Lipinski definition) is 1. The topological polar surface area (TPSA) is 20.2 Å². The number of aromatic hydroxyl groups is 1. The van der Waals surface area contributed by atoms with Crippen LogP contribution in [0.5, 0.6) is 5.75 Å². The van der Waals surface area contributed by atoms with E-state index in [2.05, 4.69) is 44.2 Å². The van der Waals surface area contributed by atoms with Crippen LogP contribution < -0.4 is 0 Å². The lowest BCUT2D eigenvalue weighted by Crippen LogP contribution is -1.97. The predicted molar refractivity (Wildman–Crippen MR) is 85.1 cm³/mol. The Balaban J connectivity index is 2.13. The van der Waals surface area contributed by atoms with Crippen LogP contribution in [0.3, 0.4) is 0 Å². The highest BCUT2D eigenvalue weighted by Gasteiger charge is 2.04. The molecule has 2 aromatic carbocycles. The zero-order chi connectivity index (χ0) is 14.4. The second kappa shape index (κ2) is 6.95. The molecule has 0 heterocycles. The van der Waals surface area contributed by atoms with Crippen molar-refractivity contribution in [1.82, 2.24) is 0 Å². The molecular formula is C19H22O. The van der Waals surface area contributed by atoms with E-state index >= 15 is 0 Å². The molecule has 2 aromatic rings. The van der Waals surface area contributed by atoms with E-state index in [9.17, 15) is 5.11 Å². The van der Waals surface area contributed by atoms with E-state index in [4.69, 9.17) is 0 Å². The summed E-state index contributed by atoms with van der Waals surface area (Å²) in [6.07, 6.45) is 5.14. The Bertz CT molecular complexity index is 578. The quantitative estimate of drug-likeness (QED) is 0.779. The Labute approximate surface area is 121 Å². The minimum absolute atomic E-state index is 0.356. The summed E-state index contributed by atoms with van der Waals surface area (Å²) in [5, 5.41) is 9.70. The molecule has 1 heteroatoms. The molecule has 0 radical (unpaired) electrons. The first kappa shape index (κ1) is 14.4. The molecule has 1 N–H and O–H groups in total. The van der Waals surface area contributed by atoms with Gasteiger partial charge in [-0.15, -0.1) is 0 Å². The van der Waals surface area contributed by atoms with E-state index in [1.54, 1.807) is 6.07 Å². The van der Waals surface area contributed by atoms with Gasteiger partial charge in [-0.25, -0.2) is 0 Å². The van der Waals surface area contributed by atoms with Crippen LogP contribution in [0.25, 0.3) is 0 Å². The Morgan fingerprint density at radius 2 is 1.70 bits per heavy atom. The first-order valence-corrected chi connectivity index (χ1v) is 7.13. The van der Waals surface area contributed by atoms with E-state index in [-0.39, 0.29) is 0 Å². The lowest BCUT2D eigenvalue weighted by molar-refractivity contribution is 0.474. The van der Waals surface area contributed by atoms with Gasteiger partial charge in [0.2, 0.25) is 0 Å². The third-order valence-corrected chi connectivity index (χ3v) is 3.45. The van der Waals surface area contributed by atoms with Gasteiger partial charge >= 0.3 is 0 Å². The van der Waals surface area contributed by atoms with Gasteiger partial charge < -0.3 is 5.11 Å². The van der Waals surface area contributed by atoms with Crippen molar-refractivity contribution >= 4 is 0 Å². The molecular weight excluding hydrogens is 244 g/mol. The standard InChI is InChI=1S/C19H22O/c1-15(2)8-10-17-12-13-19(20)14-18(17)11-9-16-6-4-3-5-7-16/h3-8,12-14,20H,9-11H2,1-2H3. The van der Waals surface area contributed by atoms with Crippen LogP contribution in [0.2, 0.25) is 0 Å². The third-order valence-electron chi connectivity index (χ3n) is 3.45. The third kappa shape index (κ3) is 4.27. The van der Waals surface area contributed by atoms with Crippen LogP contribution in [-0.4, -0.2) is 5.11 Å². The highest BCUT2D eigenvalue weighted by Crippen LogP contribution is 2.20. The number of hydrogen-bond donors (Lipinski definition) is 1. The normalized spacial score (nSPS) is 10.3. The molecule has 0 aliphatic rings. The second-order valence-electron chi connectivity index (χ2n) is 5.42. The van der Waals surface area contributed by atoms with Crippen molar-refractivity contribution in [2.24, 2.45) is 0 Å². The molecule has 0 bridgehead atoms. The van der Waals surface area contributed by atoms with E-state index in [1.807, 2.05) is 18.2 Å². The lowest BCUT2D eigenvalue weighted by Gasteiger charge is -2.09. The Kier molecular flexibility index (Phi) is 5.00. The second-order valence-corrected chi connectivity index (χ2v) is 5.42. The molecule has 0 unspecified atom stereocenters. The number of allylic oxidation sites excluding steroid dienone is 2. The Hall–Kier alpha value is -2.02. The highest BCUT2D eigenvalue weighted by atomic mass is 16.3. The summed E-state index contributed by atoms with van der Waals surface area (Å²) in [5.41, 5.74) is 5.21. The van der Waals surface area contributed by atoms with Crippen LogP contribution >= 0.6 is 0 Å². The van der Waals surface area contributed by atoms with Gasteiger partial charge in [0.1, 0.15) is 5.75 Å². The highest BCUT2D eigenvalue weighted by molar-refractivity contribution is 5.37. The molecule has 0 spiro atoms. The molecule has 20 heavy (non-hydrogen) atoms. The van der Waals surface area contributed by atoms with Crippen molar-refractivity contribution in [3.8, 4) is 5.75 Å². The van der Waals surface area contributed by atoms with Crippen molar-refractivity contribution in [2.75, 3.05) is 0 Å². The minimum atomic E-state index is 0.356. The maximum Gasteiger partial charge on any atom is 0.115 e. The first-order valence-electron chi connectivity index (χ1n) is 7.13. The molecule has 0 saturated heterocycles. The number of rotatable bonds is 5. The van der Waals surface area contributed by atoms with E-state index in [0.29, 0.717) is 5.75 Å². The molecule has 0 aliphatic carbocycles. The van der Waals surface area contributed by atoms with Crippen molar-refractivity contribution in [2.45, 2.75) is 33.1 Å². The average Bonchev–Trinajstić information content (AvgIpc) is 2.45. The van der Waals surface area contributed by atoms with Gasteiger partial charge in [0.25, 0.3) is 0 Å². The van der Waals surface area contributed by atoms with Crippen molar-refractivity contribution < 1.29 is 5.11 Å². The summed E-state index contributed by atoms with van der Waals surface area (Å²) in [6, 6.07) is 16.2. The average molecular weight is 266 g/mol. The van der Waals surface area contributed by atoms with Crippen LogP contribution in [0, 0.1) is 0 Å². The SMILES string of the molecule is CC(C)=CCc1ccc(O)cc1CCc1ccccc1. The van der Waals surface area contributed by atoms with Crippen LogP contribution in [-0.2, 0) is 19.3 Å². The van der Waals surface area contributed by atoms with Gasteiger partial charge in [0.15, 0.2) is 0 Å². The van der Waals surface area contributed by atoms with Crippen LogP contribution in [0.4, 0.5) is 0 Å². The van der Waals surface area contributed by atoms with Gasteiger partial charge in [-0.05, 0) is 61.9 Å². The van der Waals surface area contributed by atoms with Crippen LogP contribution in [0.15, 0.2) is 60.2 Å². The molecule has 1 nitrogen and oxygen atoms in total. The van der Waals surface area contributed by atoms with Crippen molar-refractivity contribution in [1.29, 1.82) is 0 Å². The fraction of sp³-hybridized carbons (Fsp3) is 0.263. The fourth-order valence-electron chi connectivity index (χ4n) is 2.28. The summed E-state index contributed by atoms with van der Waals surface area (Å²) in [4.78, 5) is 0. The van der Waals surface area contributed by atoms with Gasteiger partial charge in [-0.2, -0.15) is 0 Å². The molecule has 0 atom stereocenters. The molecule has 0 amide bonds. The molecule has 0 fully saturated rings. The number of aryl methyl sites for hydroxylation is 2. The first-order chi connectivity index (χ1) is 9.65. The van der Waals surface area contributed by atoms with Crippen molar-refractivity contribution in [3.05, 3.63) is 76.9 Å². The maximum absolute atomic E-state index is 9.70. The summed E-state index contributed by atoms with van der Waals surface area (Å²) in [5.74, 6) is 0.356. The van der Waals surface area contributed by atoms with Gasteiger partial charge in [0, 0.05) is 0 Å². The maximum atomic E-state index is 9.70. The monoisotopic (exact) mass is 266 g/mol. The molecule has 104 valence electrons. The number of benzene rings is 2. The van der Waals surface area contributed by atoms with Gasteiger partial charge in [-0.3, -0.25) is 0 Å². The molecule has 0 aliphatic heterocycles. The minimum Gasteiger partial charge on any atom is -0.508 e. The van der Waals surface area contributed by atoms with Gasteiger partial charge in [-0.1, -0.05) is 48.0 Å². The lowest BCUT2D eigenvalue weighted by atomic mass is 9.97. The summed E-state index contributed by atoms with van der Waals surface area (Å²) >= 11 is 0. The predicted octanol–water partition coefficient (Wildman–Crippen LogP) is 4.69. The number of phenolic OH excluding ortho intramolecular Hbond substituents is 1. The van der Waals surface area contributed by atoms with E-state index < -0.39 is 0 Å². The summed E-state index contributed by atoms with van der Waals surface area (Å²) in [7, 11) is 0. The largest absolute Gasteiger partial charge is 0.508 e. The number of phenols is 1. The Morgan fingerprint density at radius 1 is 0.950 bits per heavy atom. The van der Waals surface area contributed by atoms with Crippen LogP contribution in [0.1, 0.15) is 30.5 Å². The summed E-state index contributed by atoms with van der Waals surface area (Å²) < 4.78 is 0. The molecule has 0 saturated carbocycles. The van der Waals surface area contributed by atoms with E-state index in [1.165, 1.54) is 22.3 Å². The smallest absolute Gasteiger partial charge is 0.115 e. The van der Waals surface area contributed by atoms with E-state index in [0.717, 1.165) is 19.3 Å². The molecule has 2 rings (SSSR count). The Morgan fingerprint density at radius 3 is 2.40 bits per heavy atom. The zero-order valence-electron chi connectivity index (χ0n) is 12.3. The van der Waals surface area contributed by atoms with Crippen molar-refractivity contribution in [3.63, 3.8) is 0 Å². The zero-order valence-corrected chi connectivity index (χ0v) is 12.3. The molecule has 0 aromatic heterocycles. The fourth-order valence-corrected chi connectivity index (χ4v) is 2.28. The van der Waals surface area contributed by atoms with Gasteiger partial charge in [0.05, 0.1) is 0 Å². The summed E-state index contributed by atoms with van der Waals surface area (Å²) in [6.45, 7) is 4.23.